The summed E-state index contributed by atoms with van der Waals surface area (Å²) < 4.78 is 5.48. The first-order chi connectivity index (χ1) is 15.9. The largest absolute Gasteiger partial charge is 0.444 e. The quantitative estimate of drug-likeness (QED) is 0.554. The van der Waals surface area contributed by atoms with Crippen LogP contribution in [-0.2, 0) is 16.7 Å². The molecule has 3 heterocycles. The van der Waals surface area contributed by atoms with Crippen molar-refractivity contribution in [3.63, 3.8) is 0 Å². The fraction of sp³-hybridized carbons (Fsp3) is 0.519. The summed E-state index contributed by atoms with van der Waals surface area (Å²) in [7, 11) is 0. The highest BCUT2D eigenvalue weighted by Gasteiger charge is 2.54. The first kappa shape index (κ1) is 23.2. The van der Waals surface area contributed by atoms with Crippen molar-refractivity contribution in [2.75, 3.05) is 18.0 Å². The Bertz CT molecular complexity index is 1160. The summed E-state index contributed by atoms with van der Waals surface area (Å²) in [4.78, 5) is 33.6. The number of ether oxygens (including phenoxy) is 1. The van der Waals surface area contributed by atoms with Crippen molar-refractivity contribution < 1.29 is 14.3 Å². The van der Waals surface area contributed by atoms with Gasteiger partial charge in [-0.3, -0.25) is 14.7 Å². The van der Waals surface area contributed by atoms with Gasteiger partial charge >= 0.3 is 6.09 Å². The van der Waals surface area contributed by atoms with Gasteiger partial charge in [0.05, 0.1) is 17.4 Å². The van der Waals surface area contributed by atoms with Crippen LogP contribution < -0.4 is 4.90 Å². The van der Waals surface area contributed by atoms with Gasteiger partial charge in [0.1, 0.15) is 5.60 Å². The van der Waals surface area contributed by atoms with Crippen molar-refractivity contribution in [1.29, 1.82) is 0 Å². The van der Waals surface area contributed by atoms with Crippen molar-refractivity contribution in [3.05, 3.63) is 58.4 Å². The van der Waals surface area contributed by atoms with Crippen LogP contribution in [0, 0.1) is 11.3 Å². The maximum Gasteiger partial charge on any atom is 0.410 e. The third kappa shape index (κ3) is 3.96. The Hall–Kier alpha value is -2.60. The lowest BCUT2D eigenvalue weighted by atomic mass is 9.56. The number of fused-ring (bicyclic) bond motifs is 1. The Morgan fingerprint density at radius 2 is 1.88 bits per heavy atom. The molecule has 1 aliphatic carbocycles. The zero-order valence-corrected chi connectivity index (χ0v) is 21.3. The molecule has 1 saturated heterocycles. The summed E-state index contributed by atoms with van der Waals surface area (Å²) in [5, 5.41) is 0.633. The molecule has 0 bridgehead atoms. The molecule has 0 unspecified atom stereocenters. The normalized spacial score (nSPS) is 20.7. The van der Waals surface area contributed by atoms with Crippen LogP contribution in [0.4, 0.5) is 10.5 Å². The van der Waals surface area contributed by atoms with Crippen LogP contribution in [0.1, 0.15) is 68.9 Å². The summed E-state index contributed by atoms with van der Waals surface area (Å²) >= 11 is 6.22. The smallest absolute Gasteiger partial charge is 0.410 e. The van der Waals surface area contributed by atoms with Crippen molar-refractivity contribution in [2.24, 2.45) is 11.3 Å². The first-order valence-corrected chi connectivity index (χ1v) is 12.3. The van der Waals surface area contributed by atoms with E-state index in [4.69, 9.17) is 16.3 Å². The van der Waals surface area contributed by atoms with Crippen LogP contribution in [0.3, 0.4) is 0 Å². The van der Waals surface area contributed by atoms with Gasteiger partial charge in [0.15, 0.2) is 0 Å². The maximum absolute atomic E-state index is 13.2. The molecule has 1 aromatic carbocycles. The number of nitrogens with zero attached hydrogens (tertiary/aromatic N) is 3. The lowest BCUT2D eigenvalue weighted by Crippen LogP contribution is -2.64. The summed E-state index contributed by atoms with van der Waals surface area (Å²) in [6.07, 6.45) is 6.60. The van der Waals surface area contributed by atoms with Crippen LogP contribution in [0.25, 0.3) is 0 Å². The third-order valence-electron chi connectivity index (χ3n) is 7.34. The number of carbonyl (C=O) groups is 2. The van der Waals surface area contributed by atoms with E-state index in [-0.39, 0.29) is 17.4 Å². The number of amides is 2. The lowest BCUT2D eigenvalue weighted by Gasteiger charge is -2.59. The number of rotatable bonds is 3. The van der Waals surface area contributed by atoms with Crippen molar-refractivity contribution in [1.82, 2.24) is 9.88 Å². The highest BCUT2D eigenvalue weighted by molar-refractivity contribution is 6.31. The number of carbonyl (C=O) groups excluding carboxylic acids is 2. The molecule has 2 amide bonds. The van der Waals surface area contributed by atoms with E-state index in [0.29, 0.717) is 16.5 Å². The molecule has 34 heavy (non-hydrogen) atoms. The van der Waals surface area contributed by atoms with Crippen molar-refractivity contribution in [3.8, 4) is 0 Å². The number of anilines is 1. The molecule has 2 fully saturated rings. The Labute approximate surface area is 206 Å². The Morgan fingerprint density at radius 1 is 1.18 bits per heavy atom. The molecule has 1 spiro atoms. The topological polar surface area (TPSA) is 62.7 Å². The summed E-state index contributed by atoms with van der Waals surface area (Å²) in [5.74, 6) is 0.547. The molecule has 5 rings (SSSR count). The number of aromatic nitrogens is 1. The second-order valence-electron chi connectivity index (χ2n) is 11.8. The SMILES string of the molecule is CC(C)(C)OC(=O)N1CC2(CC(Cc3cncc(N4C(=O)c5ccc(Cl)cc5C4(C)C)c3)C2)C1. The monoisotopic (exact) mass is 481 g/mol. The molecule has 6 nitrogen and oxygen atoms in total. The number of likely N-dealkylation sites (tertiary alicyclic amines) is 1. The van der Waals surface area contributed by atoms with Crippen LogP contribution in [0.5, 0.6) is 0 Å². The maximum atomic E-state index is 13.2. The molecule has 0 atom stereocenters. The van der Waals surface area contributed by atoms with E-state index >= 15 is 0 Å². The summed E-state index contributed by atoms with van der Waals surface area (Å²) in [5.41, 5.74) is 2.87. The van der Waals surface area contributed by atoms with Crippen molar-refractivity contribution in [2.45, 2.75) is 65.0 Å². The molecule has 7 heteroatoms. The minimum atomic E-state index is -0.505. The average Bonchev–Trinajstić information content (AvgIpc) is 2.86. The highest BCUT2D eigenvalue weighted by Crippen LogP contribution is 2.53. The number of halogens is 1. The van der Waals surface area contributed by atoms with Gasteiger partial charge in [-0.1, -0.05) is 11.6 Å². The van der Waals surface area contributed by atoms with Crippen molar-refractivity contribution >= 4 is 29.3 Å². The molecule has 3 aliphatic rings. The van der Waals surface area contributed by atoms with Gasteiger partial charge in [-0.05, 0) is 95.2 Å². The predicted octanol–water partition coefficient (Wildman–Crippen LogP) is 5.82. The van der Waals surface area contributed by atoms with Gasteiger partial charge in [0, 0.05) is 35.3 Å². The lowest BCUT2D eigenvalue weighted by molar-refractivity contribution is -0.0947. The molecule has 2 aromatic rings. The van der Waals surface area contributed by atoms with E-state index in [9.17, 15) is 9.59 Å². The zero-order chi connectivity index (χ0) is 24.5. The fourth-order valence-corrected chi connectivity index (χ4v) is 6.14. The van der Waals surface area contributed by atoms with Crippen LogP contribution in [0.15, 0.2) is 36.7 Å². The third-order valence-corrected chi connectivity index (χ3v) is 7.58. The van der Waals surface area contributed by atoms with Gasteiger partial charge in [0.25, 0.3) is 5.91 Å². The molecule has 2 aliphatic heterocycles. The second-order valence-corrected chi connectivity index (χ2v) is 12.2. The van der Waals surface area contributed by atoms with Crippen LogP contribution in [0.2, 0.25) is 5.02 Å². The predicted molar refractivity (Wildman–Crippen MR) is 132 cm³/mol. The molecule has 0 N–H and O–H groups in total. The van der Waals surface area contributed by atoms with Gasteiger partial charge in [-0.2, -0.15) is 0 Å². The molecule has 1 aromatic heterocycles. The molecular weight excluding hydrogens is 450 g/mol. The van der Waals surface area contributed by atoms with E-state index in [1.807, 2.05) is 62.7 Å². The first-order valence-electron chi connectivity index (χ1n) is 11.9. The molecule has 1 saturated carbocycles. The van der Waals surface area contributed by atoms with Crippen LogP contribution in [-0.4, -0.2) is 40.6 Å². The standard InChI is InChI=1S/C27H32ClN3O3/c1-25(2,3)34-24(33)30-15-27(16-30)11-18(12-27)8-17-9-20(14-29-13-17)31-23(32)21-7-6-19(28)10-22(21)26(31,4)5/h6-7,9-10,13-14,18H,8,11-12,15-16H2,1-5H3. The summed E-state index contributed by atoms with van der Waals surface area (Å²) in [6.45, 7) is 11.3. The van der Waals surface area contributed by atoms with E-state index in [1.54, 1.807) is 12.3 Å². The fourth-order valence-electron chi connectivity index (χ4n) is 5.97. The Balaban J connectivity index is 1.22. The summed E-state index contributed by atoms with van der Waals surface area (Å²) in [6, 6.07) is 7.56. The molecule has 0 radical (unpaired) electrons. The number of hydrogen-bond acceptors (Lipinski definition) is 4. The highest BCUT2D eigenvalue weighted by atomic mass is 35.5. The average molecular weight is 482 g/mol. The van der Waals surface area contributed by atoms with E-state index in [2.05, 4.69) is 11.1 Å². The number of hydrogen-bond donors (Lipinski definition) is 0. The Morgan fingerprint density at radius 3 is 2.56 bits per heavy atom. The van der Waals surface area contributed by atoms with E-state index < -0.39 is 11.1 Å². The zero-order valence-electron chi connectivity index (χ0n) is 20.5. The van der Waals surface area contributed by atoms with Gasteiger partial charge < -0.3 is 9.64 Å². The number of pyridine rings is 1. The molecular formula is C27H32ClN3O3. The second kappa shape index (κ2) is 7.70. The Kier molecular flexibility index (Phi) is 5.25. The minimum Gasteiger partial charge on any atom is -0.444 e. The van der Waals surface area contributed by atoms with Gasteiger partial charge in [-0.25, -0.2) is 4.79 Å². The van der Waals surface area contributed by atoms with Gasteiger partial charge in [0.2, 0.25) is 0 Å². The molecule has 180 valence electrons. The van der Waals surface area contributed by atoms with Gasteiger partial charge in [-0.15, -0.1) is 0 Å². The minimum absolute atomic E-state index is 0.0186. The van der Waals surface area contributed by atoms with E-state index in [0.717, 1.165) is 49.2 Å². The van der Waals surface area contributed by atoms with Crippen LogP contribution >= 0.6 is 11.6 Å². The number of benzene rings is 1. The van der Waals surface area contributed by atoms with E-state index in [1.165, 1.54) is 0 Å².